The van der Waals surface area contributed by atoms with Gasteiger partial charge in [0.2, 0.25) is 5.91 Å². The maximum atomic E-state index is 11.5. The van der Waals surface area contributed by atoms with E-state index in [1.807, 2.05) is 0 Å². The van der Waals surface area contributed by atoms with Gasteiger partial charge in [-0.2, -0.15) is 0 Å². The third-order valence-electron chi connectivity index (χ3n) is 4.02. The fourth-order valence-electron chi connectivity index (χ4n) is 2.60. The number of amides is 1. The van der Waals surface area contributed by atoms with Crippen molar-refractivity contribution in [3.8, 4) is 0 Å². The predicted molar refractivity (Wildman–Crippen MR) is 84.3 cm³/mol. The molecule has 114 valence electrons. The molecule has 0 saturated heterocycles. The van der Waals surface area contributed by atoms with Crippen LogP contribution in [0.2, 0.25) is 0 Å². The zero-order chi connectivity index (χ0) is 14.3. The molecule has 2 nitrogen and oxygen atoms in total. The van der Waals surface area contributed by atoms with Crippen LogP contribution in [0, 0.1) is 5.92 Å². The van der Waals surface area contributed by atoms with Crippen LogP contribution in [0.3, 0.4) is 0 Å². The van der Waals surface area contributed by atoms with Crippen molar-refractivity contribution in [2.75, 3.05) is 7.05 Å². The highest BCUT2D eigenvalue weighted by molar-refractivity contribution is 5.78. The van der Waals surface area contributed by atoms with Gasteiger partial charge in [-0.25, -0.2) is 0 Å². The van der Waals surface area contributed by atoms with Crippen LogP contribution in [0.25, 0.3) is 0 Å². The van der Waals surface area contributed by atoms with Gasteiger partial charge in [0.05, 0.1) is 0 Å². The maximum Gasteiger partial charge on any atom is 0.222 e. The van der Waals surface area contributed by atoms with Gasteiger partial charge in [-0.05, 0) is 12.8 Å². The van der Waals surface area contributed by atoms with E-state index in [1.165, 1.54) is 64.2 Å². The largest absolute Gasteiger partial charge is 0.359 e. The van der Waals surface area contributed by atoms with Gasteiger partial charge in [-0.1, -0.05) is 78.1 Å². The molecule has 0 bridgehead atoms. The molecule has 19 heavy (non-hydrogen) atoms. The summed E-state index contributed by atoms with van der Waals surface area (Å²) in [7, 11) is 1.74. The molecular weight excluding hydrogens is 234 g/mol. The number of carbonyl (C=O) groups excluding carboxylic acids is 1. The number of nitrogens with one attached hydrogen (secondary N) is 1. The van der Waals surface area contributed by atoms with Crippen LogP contribution in [-0.4, -0.2) is 13.0 Å². The Balaban J connectivity index is 3.28. The molecule has 0 aliphatic carbocycles. The number of carbonyl (C=O) groups is 1. The molecule has 1 amide bonds. The van der Waals surface area contributed by atoms with Gasteiger partial charge in [0.15, 0.2) is 0 Å². The summed E-state index contributed by atoms with van der Waals surface area (Å²) in [5.41, 5.74) is 0. The van der Waals surface area contributed by atoms with E-state index < -0.39 is 0 Å². The lowest BCUT2D eigenvalue weighted by molar-refractivity contribution is -0.124. The zero-order valence-corrected chi connectivity index (χ0v) is 13.5. The summed E-state index contributed by atoms with van der Waals surface area (Å²) < 4.78 is 0. The monoisotopic (exact) mass is 269 g/mol. The van der Waals surface area contributed by atoms with E-state index in [4.69, 9.17) is 0 Å². The van der Waals surface area contributed by atoms with Crippen LogP contribution >= 0.6 is 0 Å². The van der Waals surface area contributed by atoms with Crippen molar-refractivity contribution in [3.05, 3.63) is 0 Å². The van der Waals surface area contributed by atoms with Crippen LogP contribution in [0.15, 0.2) is 0 Å². The second kappa shape index (κ2) is 13.9. The van der Waals surface area contributed by atoms with Gasteiger partial charge in [-0.3, -0.25) is 4.79 Å². The van der Waals surface area contributed by atoms with Gasteiger partial charge in [0.25, 0.3) is 0 Å². The average molecular weight is 269 g/mol. The van der Waals surface area contributed by atoms with E-state index in [-0.39, 0.29) is 11.8 Å². The van der Waals surface area contributed by atoms with E-state index in [9.17, 15) is 4.79 Å². The molecule has 0 heterocycles. The molecule has 0 aromatic carbocycles. The van der Waals surface area contributed by atoms with Gasteiger partial charge >= 0.3 is 0 Å². The molecule has 0 rings (SSSR count). The second-order valence-electron chi connectivity index (χ2n) is 5.69. The van der Waals surface area contributed by atoms with Crippen LogP contribution < -0.4 is 5.32 Å². The first kappa shape index (κ1) is 18.5. The predicted octanol–water partition coefficient (Wildman–Crippen LogP) is 5.07. The minimum atomic E-state index is 0.221. The first-order valence-corrected chi connectivity index (χ1v) is 8.47. The Hall–Kier alpha value is -0.530. The van der Waals surface area contributed by atoms with Crippen molar-refractivity contribution in [1.82, 2.24) is 5.32 Å². The molecule has 0 spiro atoms. The first-order chi connectivity index (χ1) is 9.26. The van der Waals surface area contributed by atoms with Crippen LogP contribution in [0.5, 0.6) is 0 Å². The van der Waals surface area contributed by atoms with Crippen molar-refractivity contribution >= 4 is 5.91 Å². The Kier molecular flexibility index (Phi) is 13.5. The quantitative estimate of drug-likeness (QED) is 0.465. The van der Waals surface area contributed by atoms with Crippen molar-refractivity contribution < 1.29 is 4.79 Å². The Morgan fingerprint density at radius 2 is 1.32 bits per heavy atom. The first-order valence-electron chi connectivity index (χ1n) is 8.47. The van der Waals surface area contributed by atoms with Gasteiger partial charge < -0.3 is 5.32 Å². The van der Waals surface area contributed by atoms with Crippen molar-refractivity contribution in [1.29, 1.82) is 0 Å². The van der Waals surface area contributed by atoms with E-state index in [0.717, 1.165) is 12.8 Å². The average Bonchev–Trinajstić information content (AvgIpc) is 2.44. The molecule has 0 aromatic rings. The molecule has 0 aromatic heterocycles. The fourth-order valence-corrected chi connectivity index (χ4v) is 2.60. The van der Waals surface area contributed by atoms with Gasteiger partial charge in [0.1, 0.15) is 0 Å². The topological polar surface area (TPSA) is 29.1 Å². The van der Waals surface area contributed by atoms with E-state index in [2.05, 4.69) is 19.2 Å². The lowest BCUT2D eigenvalue weighted by atomic mass is 9.97. The summed E-state index contributed by atoms with van der Waals surface area (Å²) in [6, 6.07) is 0. The zero-order valence-electron chi connectivity index (χ0n) is 13.5. The highest BCUT2D eigenvalue weighted by atomic mass is 16.1. The normalized spacial score (nSPS) is 12.4. The summed E-state index contributed by atoms with van der Waals surface area (Å²) in [6.07, 6.45) is 15.6. The lowest BCUT2D eigenvalue weighted by Gasteiger charge is -2.12. The number of rotatable bonds is 13. The standard InChI is InChI=1S/C17H35NO/c1-4-6-7-8-9-10-11-12-13-14-15-16(5-2)17(19)18-3/h16H,4-15H2,1-3H3,(H,18,19). The van der Waals surface area contributed by atoms with Crippen molar-refractivity contribution in [2.45, 2.75) is 90.9 Å². The Bertz CT molecular complexity index is 203. The summed E-state index contributed by atoms with van der Waals surface area (Å²) in [5.74, 6) is 0.456. The molecule has 0 saturated carbocycles. The molecule has 0 aliphatic rings. The molecule has 1 atom stereocenters. The fraction of sp³-hybridized carbons (Fsp3) is 0.941. The number of unbranched alkanes of at least 4 members (excludes halogenated alkanes) is 9. The Labute approximate surface area is 120 Å². The number of hydrogen-bond acceptors (Lipinski definition) is 1. The second-order valence-corrected chi connectivity index (χ2v) is 5.69. The van der Waals surface area contributed by atoms with Crippen molar-refractivity contribution in [3.63, 3.8) is 0 Å². The maximum absolute atomic E-state index is 11.5. The molecule has 0 fully saturated rings. The van der Waals surface area contributed by atoms with Crippen LogP contribution in [-0.2, 0) is 4.79 Å². The summed E-state index contributed by atoms with van der Waals surface area (Å²) in [4.78, 5) is 11.5. The summed E-state index contributed by atoms with van der Waals surface area (Å²) >= 11 is 0. The minimum absolute atomic E-state index is 0.221. The SMILES string of the molecule is CCCCCCCCCCCCC(CC)C(=O)NC. The van der Waals surface area contributed by atoms with Gasteiger partial charge in [0, 0.05) is 13.0 Å². The molecule has 1 unspecified atom stereocenters. The minimum Gasteiger partial charge on any atom is -0.359 e. The Morgan fingerprint density at radius 1 is 0.842 bits per heavy atom. The van der Waals surface area contributed by atoms with Gasteiger partial charge in [-0.15, -0.1) is 0 Å². The van der Waals surface area contributed by atoms with E-state index in [0.29, 0.717) is 0 Å². The van der Waals surface area contributed by atoms with E-state index >= 15 is 0 Å². The third-order valence-corrected chi connectivity index (χ3v) is 4.02. The molecule has 0 radical (unpaired) electrons. The van der Waals surface area contributed by atoms with Crippen LogP contribution in [0.4, 0.5) is 0 Å². The van der Waals surface area contributed by atoms with E-state index in [1.54, 1.807) is 7.05 Å². The Morgan fingerprint density at radius 3 is 1.74 bits per heavy atom. The molecule has 0 aliphatic heterocycles. The lowest BCUT2D eigenvalue weighted by Crippen LogP contribution is -2.26. The number of hydrogen-bond donors (Lipinski definition) is 1. The summed E-state index contributed by atoms with van der Waals surface area (Å²) in [5, 5.41) is 2.76. The highest BCUT2D eigenvalue weighted by Crippen LogP contribution is 2.16. The van der Waals surface area contributed by atoms with Crippen LogP contribution in [0.1, 0.15) is 90.9 Å². The third kappa shape index (κ3) is 11.0. The summed E-state index contributed by atoms with van der Waals surface area (Å²) in [6.45, 7) is 4.37. The molecule has 2 heteroatoms. The highest BCUT2D eigenvalue weighted by Gasteiger charge is 2.13. The molecular formula is C17H35NO. The smallest absolute Gasteiger partial charge is 0.222 e. The van der Waals surface area contributed by atoms with Crippen molar-refractivity contribution in [2.24, 2.45) is 5.92 Å². The molecule has 1 N–H and O–H groups in total.